The van der Waals surface area contributed by atoms with E-state index in [1.165, 1.54) is 0 Å². The van der Waals surface area contributed by atoms with E-state index >= 15 is 0 Å². The molecule has 0 aliphatic heterocycles. The van der Waals surface area contributed by atoms with Crippen molar-refractivity contribution >= 4 is 7.81 Å². The fraction of sp³-hybridized carbons (Fsp3) is 0. The Morgan fingerprint density at radius 1 is 0.889 bits per heavy atom. The Morgan fingerprint density at radius 2 is 0.889 bits per heavy atom. The quantitative estimate of drug-likeness (QED) is 0.341. The summed E-state index contributed by atoms with van der Waals surface area (Å²) in [6, 6.07) is 0. The van der Waals surface area contributed by atoms with Crippen LogP contribution in [0.3, 0.4) is 0 Å². The molecule has 0 aromatic carbocycles. The zero-order chi connectivity index (χ0) is 8.41. The maximum atomic E-state index is 9.87. The monoisotopic (exact) mass is 177 g/mol. The molecule has 2 nitrogen and oxygen atoms in total. The van der Waals surface area contributed by atoms with E-state index < -0.39 is 7.81 Å². The van der Waals surface area contributed by atoms with Crippen LogP contribution in [0.25, 0.3) is 0 Å². The first-order valence-electron chi connectivity index (χ1n) is 1.22. The van der Waals surface area contributed by atoms with Crippen molar-refractivity contribution in [2.45, 2.75) is 0 Å². The van der Waals surface area contributed by atoms with E-state index in [0.717, 1.165) is 0 Å². The molecule has 0 saturated heterocycles. The molecule has 0 bridgehead atoms. The Labute approximate surface area is 46.3 Å². The van der Waals surface area contributed by atoms with Gasteiger partial charge in [0.25, 0.3) is 0 Å². The van der Waals surface area contributed by atoms with E-state index in [1.54, 1.807) is 0 Å². The van der Waals surface area contributed by atoms with Gasteiger partial charge in [-0.2, -0.15) is 4.91 Å². The molecule has 9 heavy (non-hydrogen) atoms. The van der Waals surface area contributed by atoms with E-state index in [9.17, 15) is 25.2 Å². The van der Waals surface area contributed by atoms with Gasteiger partial charge in [0.2, 0.25) is 0 Å². The molecule has 1 N–H and O–H groups in total. The number of nitrogens with one attached hydrogen (secondary N) is 1. The van der Waals surface area contributed by atoms with Crippen molar-refractivity contribution in [3.63, 3.8) is 0 Å². The third kappa shape index (κ3) is 1570. The van der Waals surface area contributed by atoms with Crippen LogP contribution in [-0.4, -0.2) is 0 Å². The molecule has 60 valence electrons. The Bertz CT molecular complexity index is 87.1. The van der Waals surface area contributed by atoms with Crippen molar-refractivity contribution in [3.8, 4) is 0 Å². The van der Waals surface area contributed by atoms with E-state index in [2.05, 4.69) is 5.59 Å². The van der Waals surface area contributed by atoms with Crippen molar-refractivity contribution in [3.05, 3.63) is 4.91 Å². The number of nitroso groups, excluding NO2 is 1. The van der Waals surface area contributed by atoms with Crippen molar-refractivity contribution in [2.75, 3.05) is 0 Å². The minimum Gasteiger partial charge on any atom is -0.154 e. The third-order valence-electron chi connectivity index (χ3n) is 0. The maximum absolute atomic E-state index is 10.7. The molecule has 0 aromatic heterocycles. The summed E-state index contributed by atoms with van der Waals surface area (Å²) in [6.07, 6.45) is 0. The van der Waals surface area contributed by atoms with Gasteiger partial charge in [-0.05, 0) is 0 Å². The molecule has 0 rings (SSSR count). The van der Waals surface area contributed by atoms with E-state index in [0.29, 0.717) is 0 Å². The van der Waals surface area contributed by atoms with Gasteiger partial charge in [0, 0.05) is 0 Å². The van der Waals surface area contributed by atoms with Crippen LogP contribution in [0.5, 0.6) is 0 Å². The summed E-state index contributed by atoms with van der Waals surface area (Å²) in [5, 5.41) is 0. The van der Waals surface area contributed by atoms with Gasteiger partial charge in [0.05, 0.1) is 0 Å². The topological polar surface area (TPSA) is 40.9 Å². The van der Waals surface area contributed by atoms with Gasteiger partial charge in [-0.25, -0.2) is 0 Å². The second-order valence-electron chi connectivity index (χ2n) is 0.958. The van der Waals surface area contributed by atoms with E-state index in [-0.39, 0.29) is 1.43 Å². The van der Waals surface area contributed by atoms with Crippen LogP contribution < -0.4 is 0 Å². The van der Waals surface area contributed by atoms with E-state index in [1.807, 2.05) is 0 Å². The van der Waals surface area contributed by atoms with Crippen LogP contribution in [0, 0.1) is 10.5 Å². The van der Waals surface area contributed by atoms with Crippen molar-refractivity contribution < 1.29 is 26.6 Å². The first-order chi connectivity index (χ1) is 3.45. The second-order valence-corrected chi connectivity index (χ2v) is 2.87. The predicted octanol–water partition coefficient (Wildman–Crippen LogP) is 3.83. The minimum absolute atomic E-state index is 0. The van der Waals surface area contributed by atoms with Gasteiger partial charge in [-0.15, -0.1) is 0 Å². The summed E-state index contributed by atoms with van der Waals surface area (Å²) in [5.41, 5.74) is 4.50. The van der Waals surface area contributed by atoms with Gasteiger partial charge in [-0.1, -0.05) is 5.59 Å². The Kier molecular flexibility index (Phi) is 1.98. The third-order valence-corrected chi connectivity index (χ3v) is 0. The van der Waals surface area contributed by atoms with Crippen LogP contribution >= 0.6 is 7.81 Å². The number of hydrogen-bond acceptors (Lipinski definition) is 2. The largest absolute Gasteiger partial charge is 1.00 e. The molecule has 0 aliphatic rings. The average molecular weight is 177 g/mol. The SMILES string of the molecule is F[P-](F)(F)(F)(F)F.N=O.[H+]. The van der Waals surface area contributed by atoms with Crippen LogP contribution in [0.4, 0.5) is 25.2 Å². The first kappa shape index (κ1) is 11.4. The molecule has 0 spiro atoms. The van der Waals surface area contributed by atoms with Gasteiger partial charge in [-0.3, -0.25) is 0 Å². The van der Waals surface area contributed by atoms with Gasteiger partial charge < -0.3 is 0 Å². The summed E-state index contributed by atoms with van der Waals surface area (Å²) < 4.78 is 59.2. The van der Waals surface area contributed by atoms with Crippen LogP contribution in [-0.2, 0) is 0 Å². The van der Waals surface area contributed by atoms with Gasteiger partial charge >= 0.3 is 34.4 Å². The molecule has 0 heterocycles. The van der Waals surface area contributed by atoms with Crippen LogP contribution in [0.2, 0.25) is 0 Å². The predicted molar refractivity (Wildman–Crippen MR) is 20.8 cm³/mol. The fourth-order valence-electron chi connectivity index (χ4n) is 0. The molecule has 0 unspecified atom stereocenters. The molecule has 0 aromatic rings. The molecule has 0 amide bonds. The molecule has 0 saturated carbocycles. The Hall–Kier alpha value is -0.390. The van der Waals surface area contributed by atoms with Gasteiger partial charge in [0.1, 0.15) is 0 Å². The smallest absolute Gasteiger partial charge is 0.154 e. The summed E-state index contributed by atoms with van der Waals surface area (Å²) in [4.78, 5) is 7.50. The molecular formula is H2F6NOP. The molecule has 9 heteroatoms. The number of rotatable bonds is 0. The van der Waals surface area contributed by atoms with Gasteiger partial charge in [0.15, 0.2) is 0 Å². The fourth-order valence-corrected chi connectivity index (χ4v) is 0. The minimum atomic E-state index is -10.7. The van der Waals surface area contributed by atoms with Crippen molar-refractivity contribution in [2.24, 2.45) is 0 Å². The van der Waals surface area contributed by atoms with Crippen LogP contribution in [0.15, 0.2) is 0 Å². The molecule has 0 aliphatic carbocycles. The van der Waals surface area contributed by atoms with Crippen molar-refractivity contribution in [1.29, 1.82) is 5.59 Å². The standard InChI is InChI=1S/F6P.HNO/c1-7(2,3,4,5)6;1-2/h;1H/q-1;/p+1. The zero-order valence-corrected chi connectivity index (χ0v) is 4.52. The summed E-state index contributed by atoms with van der Waals surface area (Å²) in [5.74, 6) is 0. The first-order valence-corrected chi connectivity index (χ1v) is 3.25. The number of halogens is 6. The average Bonchev–Trinajstić information content (AvgIpc) is 1.30. The Balaban J connectivity index is -0.000000149. The Morgan fingerprint density at radius 3 is 0.889 bits per heavy atom. The molecular weight excluding hydrogens is 175 g/mol. The summed E-state index contributed by atoms with van der Waals surface area (Å²) >= 11 is 0. The molecule has 0 atom stereocenters. The number of hydrogen-bond donors (Lipinski definition) is 1. The zero-order valence-electron chi connectivity index (χ0n) is 4.62. The van der Waals surface area contributed by atoms with Crippen molar-refractivity contribution in [1.82, 2.24) is 0 Å². The molecule has 0 radical (unpaired) electrons. The second kappa shape index (κ2) is 1.56. The summed E-state index contributed by atoms with van der Waals surface area (Å²) in [7, 11) is -10.7. The van der Waals surface area contributed by atoms with E-state index in [4.69, 9.17) is 4.91 Å². The van der Waals surface area contributed by atoms with Crippen LogP contribution in [0.1, 0.15) is 1.43 Å². The normalized spacial score (nSPS) is 18.4. The summed E-state index contributed by atoms with van der Waals surface area (Å²) in [6.45, 7) is 0. The molecule has 0 fully saturated rings. The maximum Gasteiger partial charge on any atom is 1.00 e.